The molecular formula is C8H10N2O3. The molecular weight excluding hydrogens is 172 g/mol. The average molecular weight is 182 g/mol. The highest BCUT2D eigenvalue weighted by Crippen LogP contribution is 2.11. The fourth-order valence-electron chi connectivity index (χ4n) is 1.10. The van der Waals surface area contributed by atoms with Crippen LogP contribution in [0.2, 0.25) is 0 Å². The second kappa shape index (κ2) is 3.84. The molecule has 1 atom stereocenters. The summed E-state index contributed by atoms with van der Waals surface area (Å²) in [6.07, 6.45) is 3.83. The molecule has 0 aliphatic carbocycles. The number of carbonyl (C=O) groups excluding carboxylic acids is 1. The second-order valence-electron chi connectivity index (χ2n) is 2.63. The Labute approximate surface area is 75.0 Å². The van der Waals surface area contributed by atoms with Gasteiger partial charge in [0.15, 0.2) is 6.29 Å². The molecule has 0 aliphatic heterocycles. The van der Waals surface area contributed by atoms with Crippen molar-refractivity contribution in [3.05, 3.63) is 18.2 Å². The lowest BCUT2D eigenvalue weighted by Crippen LogP contribution is -2.16. The van der Waals surface area contributed by atoms with Crippen molar-refractivity contribution < 1.29 is 14.7 Å². The van der Waals surface area contributed by atoms with Crippen molar-refractivity contribution in [2.24, 2.45) is 0 Å². The Bertz CT molecular complexity index is 319. The van der Waals surface area contributed by atoms with Crippen LogP contribution in [0.1, 0.15) is 29.9 Å². The number of rotatable bonds is 4. The Morgan fingerprint density at radius 1 is 1.85 bits per heavy atom. The molecule has 1 heterocycles. The molecule has 1 aromatic heterocycles. The summed E-state index contributed by atoms with van der Waals surface area (Å²) in [7, 11) is 0. The molecule has 0 aliphatic rings. The maximum absolute atomic E-state index is 10.7. The van der Waals surface area contributed by atoms with Crippen LogP contribution in [0.25, 0.3) is 0 Å². The minimum absolute atomic E-state index is 0.250. The van der Waals surface area contributed by atoms with Crippen molar-refractivity contribution in [1.82, 2.24) is 9.55 Å². The maximum Gasteiger partial charge on any atom is 0.326 e. The van der Waals surface area contributed by atoms with Crippen LogP contribution in [0.3, 0.4) is 0 Å². The van der Waals surface area contributed by atoms with Crippen molar-refractivity contribution in [3.63, 3.8) is 0 Å². The van der Waals surface area contributed by atoms with Gasteiger partial charge in [-0.1, -0.05) is 6.92 Å². The van der Waals surface area contributed by atoms with Crippen LogP contribution < -0.4 is 0 Å². The lowest BCUT2D eigenvalue weighted by molar-refractivity contribution is -0.141. The minimum atomic E-state index is -0.919. The summed E-state index contributed by atoms with van der Waals surface area (Å²) in [6.45, 7) is 1.76. The highest BCUT2D eigenvalue weighted by Gasteiger charge is 2.16. The highest BCUT2D eigenvalue weighted by atomic mass is 16.4. The normalized spacial score (nSPS) is 12.4. The first-order valence-electron chi connectivity index (χ1n) is 3.90. The Kier molecular flexibility index (Phi) is 2.79. The largest absolute Gasteiger partial charge is 0.480 e. The lowest BCUT2D eigenvalue weighted by Gasteiger charge is -2.09. The number of hydrogen-bond donors (Lipinski definition) is 1. The quantitative estimate of drug-likeness (QED) is 0.697. The number of carboxylic acids is 1. The van der Waals surface area contributed by atoms with Gasteiger partial charge >= 0.3 is 5.97 Å². The summed E-state index contributed by atoms with van der Waals surface area (Å²) < 4.78 is 1.42. The molecule has 0 amide bonds. The number of aliphatic carboxylic acids is 1. The third kappa shape index (κ3) is 1.93. The molecule has 1 rings (SSSR count). The maximum atomic E-state index is 10.7. The number of imidazole rings is 1. The van der Waals surface area contributed by atoms with Gasteiger partial charge in [-0.25, -0.2) is 9.78 Å². The van der Waals surface area contributed by atoms with Crippen LogP contribution >= 0.6 is 0 Å². The van der Waals surface area contributed by atoms with Crippen molar-refractivity contribution in [3.8, 4) is 0 Å². The zero-order valence-electron chi connectivity index (χ0n) is 7.17. The van der Waals surface area contributed by atoms with E-state index in [1.807, 2.05) is 0 Å². The van der Waals surface area contributed by atoms with Gasteiger partial charge in [-0.05, 0) is 6.42 Å². The van der Waals surface area contributed by atoms with E-state index in [0.29, 0.717) is 12.7 Å². The Hall–Kier alpha value is -1.65. The van der Waals surface area contributed by atoms with Crippen LogP contribution in [0.15, 0.2) is 12.5 Å². The molecule has 13 heavy (non-hydrogen) atoms. The number of carbonyl (C=O) groups is 2. The molecule has 0 radical (unpaired) electrons. The fraction of sp³-hybridized carbons (Fsp3) is 0.375. The second-order valence-corrected chi connectivity index (χ2v) is 2.63. The summed E-state index contributed by atoms with van der Waals surface area (Å²) >= 11 is 0. The molecule has 1 aromatic rings. The third-order valence-electron chi connectivity index (χ3n) is 1.77. The van der Waals surface area contributed by atoms with Gasteiger partial charge in [0.1, 0.15) is 11.7 Å². The molecule has 1 N–H and O–H groups in total. The summed E-state index contributed by atoms with van der Waals surface area (Å²) in [5, 5.41) is 8.77. The van der Waals surface area contributed by atoms with E-state index < -0.39 is 12.0 Å². The van der Waals surface area contributed by atoms with E-state index in [1.54, 1.807) is 6.92 Å². The van der Waals surface area contributed by atoms with E-state index in [0.717, 1.165) is 0 Å². The van der Waals surface area contributed by atoms with E-state index in [2.05, 4.69) is 4.98 Å². The Morgan fingerprint density at radius 2 is 2.54 bits per heavy atom. The van der Waals surface area contributed by atoms with Crippen LogP contribution in [0.4, 0.5) is 0 Å². The Morgan fingerprint density at radius 3 is 2.92 bits per heavy atom. The van der Waals surface area contributed by atoms with Crippen LogP contribution in [0.5, 0.6) is 0 Å². The van der Waals surface area contributed by atoms with Gasteiger partial charge in [-0.3, -0.25) is 4.79 Å². The van der Waals surface area contributed by atoms with Gasteiger partial charge < -0.3 is 9.67 Å². The summed E-state index contributed by atoms with van der Waals surface area (Å²) in [6, 6.07) is -0.638. The first-order chi connectivity index (χ1) is 6.19. The molecule has 0 spiro atoms. The van der Waals surface area contributed by atoms with E-state index in [1.165, 1.54) is 17.1 Å². The van der Waals surface area contributed by atoms with Gasteiger partial charge in [0.2, 0.25) is 0 Å². The third-order valence-corrected chi connectivity index (χ3v) is 1.77. The van der Waals surface area contributed by atoms with Crippen molar-refractivity contribution in [1.29, 1.82) is 0 Å². The van der Waals surface area contributed by atoms with Crippen molar-refractivity contribution in [2.45, 2.75) is 19.4 Å². The zero-order valence-corrected chi connectivity index (χ0v) is 7.17. The van der Waals surface area contributed by atoms with Crippen molar-refractivity contribution >= 4 is 12.3 Å². The highest BCUT2D eigenvalue weighted by molar-refractivity contribution is 5.73. The predicted molar refractivity (Wildman–Crippen MR) is 44.6 cm³/mol. The number of aldehydes is 1. The molecule has 70 valence electrons. The molecule has 0 fully saturated rings. The predicted octanol–water partition coefficient (Wildman–Crippen LogP) is 0.731. The monoisotopic (exact) mass is 182 g/mol. The summed E-state index contributed by atoms with van der Waals surface area (Å²) in [5.41, 5.74) is 0.250. The van der Waals surface area contributed by atoms with Gasteiger partial charge in [-0.15, -0.1) is 0 Å². The standard InChI is InChI=1S/C8H10N2O3/c1-2-7(8(12)13)10-3-6(4-11)9-5-10/h3-5,7H,2H2,1H3,(H,12,13). The average Bonchev–Trinajstić information content (AvgIpc) is 2.53. The van der Waals surface area contributed by atoms with Gasteiger partial charge in [0.25, 0.3) is 0 Å². The van der Waals surface area contributed by atoms with Crippen LogP contribution in [0, 0.1) is 0 Å². The molecule has 0 bridgehead atoms. The molecule has 1 unspecified atom stereocenters. The topological polar surface area (TPSA) is 72.2 Å². The molecule has 5 nitrogen and oxygen atoms in total. The van der Waals surface area contributed by atoms with Crippen LogP contribution in [-0.4, -0.2) is 26.9 Å². The summed E-state index contributed by atoms with van der Waals surface area (Å²) in [4.78, 5) is 24.7. The molecule has 5 heteroatoms. The first-order valence-corrected chi connectivity index (χ1v) is 3.90. The minimum Gasteiger partial charge on any atom is -0.480 e. The SMILES string of the molecule is CCC(C(=O)O)n1cnc(C=O)c1. The number of nitrogens with zero attached hydrogens (tertiary/aromatic N) is 2. The molecule has 0 saturated heterocycles. The fourth-order valence-corrected chi connectivity index (χ4v) is 1.10. The molecule has 0 aromatic carbocycles. The Balaban J connectivity index is 2.91. The van der Waals surface area contributed by atoms with Gasteiger partial charge in [0, 0.05) is 6.20 Å². The van der Waals surface area contributed by atoms with E-state index in [4.69, 9.17) is 5.11 Å². The van der Waals surface area contributed by atoms with E-state index in [-0.39, 0.29) is 5.69 Å². The van der Waals surface area contributed by atoms with Crippen LogP contribution in [-0.2, 0) is 4.79 Å². The van der Waals surface area contributed by atoms with Gasteiger partial charge in [-0.2, -0.15) is 0 Å². The smallest absolute Gasteiger partial charge is 0.326 e. The van der Waals surface area contributed by atoms with E-state index in [9.17, 15) is 9.59 Å². The van der Waals surface area contributed by atoms with Crippen molar-refractivity contribution in [2.75, 3.05) is 0 Å². The lowest BCUT2D eigenvalue weighted by atomic mass is 10.2. The van der Waals surface area contributed by atoms with E-state index >= 15 is 0 Å². The number of hydrogen-bond acceptors (Lipinski definition) is 3. The summed E-state index contributed by atoms with van der Waals surface area (Å²) in [5.74, 6) is -0.919. The van der Waals surface area contributed by atoms with Gasteiger partial charge in [0.05, 0.1) is 6.33 Å². The molecule has 0 saturated carbocycles. The number of aromatic nitrogens is 2. The first kappa shape index (κ1) is 9.44. The zero-order chi connectivity index (χ0) is 9.84. The number of carboxylic acid groups (broad SMARTS) is 1.